The Balaban J connectivity index is 0.000000252. The predicted molar refractivity (Wildman–Crippen MR) is 197 cm³/mol. The topological polar surface area (TPSA) is 66.0 Å². The van der Waals surface area contributed by atoms with Crippen molar-refractivity contribution in [3.63, 3.8) is 0 Å². The molecule has 4 heteroatoms. The lowest BCUT2D eigenvalue weighted by Gasteiger charge is -2.31. The monoisotopic (exact) mass is 630 g/mol. The molecule has 4 nitrogen and oxygen atoms in total. The summed E-state index contributed by atoms with van der Waals surface area (Å²) in [6.45, 7) is 19.8. The summed E-state index contributed by atoms with van der Waals surface area (Å²) in [6.07, 6.45) is 19.8. The molecule has 3 aromatic carbocycles. The molecule has 3 aromatic rings. The van der Waals surface area contributed by atoms with Gasteiger partial charge in [-0.15, -0.1) is 10.5 Å². The van der Waals surface area contributed by atoms with Crippen LogP contribution in [0.1, 0.15) is 92.7 Å². The Labute approximate surface area is 284 Å². The molecule has 1 unspecified atom stereocenters. The first-order chi connectivity index (χ1) is 22.5. The van der Waals surface area contributed by atoms with Crippen molar-refractivity contribution in [2.75, 3.05) is 0 Å². The van der Waals surface area contributed by atoms with Crippen LogP contribution in [0.25, 0.3) is 10.8 Å². The summed E-state index contributed by atoms with van der Waals surface area (Å²) in [5.74, 6) is 1.81. The summed E-state index contributed by atoms with van der Waals surface area (Å²) in [5.41, 5.74) is 5.34. The average molecular weight is 631 g/mol. The van der Waals surface area contributed by atoms with Gasteiger partial charge in [-0.1, -0.05) is 153 Å². The fraction of sp³-hybridized carbons (Fsp3) is 0.395. The van der Waals surface area contributed by atoms with Crippen molar-refractivity contribution in [1.29, 1.82) is 10.5 Å². The number of benzene rings is 3. The van der Waals surface area contributed by atoms with Gasteiger partial charge in [0.1, 0.15) is 11.5 Å². The number of nitriles is 2. The molecule has 0 bridgehead atoms. The minimum atomic E-state index is -0.0886. The van der Waals surface area contributed by atoms with E-state index in [1.165, 1.54) is 24.0 Å². The molecule has 248 valence electrons. The molecule has 47 heavy (non-hydrogen) atoms. The molecule has 0 amide bonds. The number of nitrogens with zero attached hydrogens (tertiary/aromatic N) is 2. The highest BCUT2D eigenvalue weighted by molar-refractivity contribution is 5.88. The van der Waals surface area contributed by atoms with Gasteiger partial charge < -0.3 is 9.47 Å². The fourth-order valence-electron chi connectivity index (χ4n) is 5.93. The van der Waals surface area contributed by atoms with Crippen LogP contribution < -0.4 is 4.74 Å². The molecule has 0 N–H and O–H groups in total. The molecule has 0 radical (unpaired) electrons. The Kier molecular flexibility index (Phi) is 15.8. The SMILES string of the molecule is C/C=C1/C=CC(C)(C(CC)CC)C=C(OC#N)/C1=C/C.CCc1ccc(CC(C)(C)CC)cc1.N#COc1cccc2ccccc12. The van der Waals surface area contributed by atoms with Gasteiger partial charge in [-0.3, -0.25) is 0 Å². The standard InChI is InChI=1S/C18H25NO.C14H22.C11H7NO/c1-6-14-10-11-18(5,15(7-2)8-3)12-17(20-13-19)16(14)9-4;1-5-12-7-9-13(10-8-12)11-14(3,4)6-2;12-8-13-11-7-3-5-9-4-1-2-6-10(9)11/h6,9-12,15H,7-8H2,1-5H3;7-10H,5-6,11H2,1-4H3;1-7H/b14-6-,16-9+;;. The van der Waals surface area contributed by atoms with E-state index in [0.717, 1.165) is 41.2 Å². The minimum Gasteiger partial charge on any atom is -0.388 e. The number of hydrogen-bond acceptors (Lipinski definition) is 4. The van der Waals surface area contributed by atoms with E-state index < -0.39 is 0 Å². The van der Waals surface area contributed by atoms with Gasteiger partial charge in [0.2, 0.25) is 0 Å². The molecule has 4 rings (SSSR count). The third kappa shape index (κ3) is 11.3. The zero-order valence-electron chi connectivity index (χ0n) is 30.1. The van der Waals surface area contributed by atoms with Gasteiger partial charge in [-0.05, 0) is 72.3 Å². The summed E-state index contributed by atoms with van der Waals surface area (Å²) >= 11 is 0. The highest BCUT2D eigenvalue weighted by Crippen LogP contribution is 2.41. The first kappa shape index (κ1) is 38.6. The lowest BCUT2D eigenvalue weighted by molar-refractivity contribution is 0.290. The number of allylic oxidation sites excluding steroid dienone is 6. The van der Waals surface area contributed by atoms with Crippen LogP contribution in [0, 0.1) is 39.8 Å². The number of fused-ring (bicyclic) bond motifs is 1. The van der Waals surface area contributed by atoms with Crippen LogP contribution in [0.2, 0.25) is 0 Å². The van der Waals surface area contributed by atoms with Crippen molar-refractivity contribution in [1.82, 2.24) is 0 Å². The second kappa shape index (κ2) is 19.2. The maximum Gasteiger partial charge on any atom is 0.292 e. The molecular formula is C43H54N2O2. The van der Waals surface area contributed by atoms with E-state index in [2.05, 4.69) is 97.0 Å². The highest BCUT2D eigenvalue weighted by Gasteiger charge is 2.31. The third-order valence-corrected chi connectivity index (χ3v) is 9.24. The van der Waals surface area contributed by atoms with E-state index in [-0.39, 0.29) is 5.41 Å². The van der Waals surface area contributed by atoms with Crippen LogP contribution in [0.5, 0.6) is 5.75 Å². The maximum atomic E-state index is 8.93. The molecule has 0 saturated carbocycles. The quantitative estimate of drug-likeness (QED) is 0.221. The lowest BCUT2D eigenvalue weighted by atomic mass is 9.74. The molecule has 0 heterocycles. The van der Waals surface area contributed by atoms with Gasteiger partial charge in [0.25, 0.3) is 12.5 Å². The van der Waals surface area contributed by atoms with E-state index >= 15 is 0 Å². The molecule has 1 aliphatic rings. The van der Waals surface area contributed by atoms with Crippen molar-refractivity contribution in [3.05, 3.63) is 125 Å². The largest absolute Gasteiger partial charge is 0.388 e. The van der Waals surface area contributed by atoms with Crippen molar-refractivity contribution in [2.24, 2.45) is 16.7 Å². The normalized spacial score (nSPS) is 17.4. The first-order valence-corrected chi connectivity index (χ1v) is 17.0. The fourth-order valence-corrected chi connectivity index (χ4v) is 5.93. The maximum absolute atomic E-state index is 8.93. The Morgan fingerprint density at radius 2 is 1.43 bits per heavy atom. The number of aryl methyl sites for hydroxylation is 1. The van der Waals surface area contributed by atoms with E-state index in [0.29, 0.717) is 22.8 Å². The van der Waals surface area contributed by atoms with Gasteiger partial charge in [0.15, 0.2) is 0 Å². The Hall–Kier alpha value is -4.54. The molecule has 0 aliphatic heterocycles. The smallest absolute Gasteiger partial charge is 0.292 e. The van der Waals surface area contributed by atoms with Gasteiger partial charge >= 0.3 is 0 Å². The van der Waals surface area contributed by atoms with E-state index in [4.69, 9.17) is 20.0 Å². The van der Waals surface area contributed by atoms with Crippen molar-refractivity contribution in [3.8, 4) is 18.3 Å². The average Bonchev–Trinajstić information content (AvgIpc) is 3.22. The Morgan fingerprint density at radius 3 is 1.98 bits per heavy atom. The van der Waals surface area contributed by atoms with Gasteiger partial charge in [0.05, 0.1) is 0 Å². The van der Waals surface area contributed by atoms with Crippen LogP contribution >= 0.6 is 0 Å². The number of hydrogen-bond donors (Lipinski definition) is 0. The lowest BCUT2D eigenvalue weighted by Crippen LogP contribution is -2.22. The minimum absolute atomic E-state index is 0.0886. The van der Waals surface area contributed by atoms with E-state index in [9.17, 15) is 0 Å². The van der Waals surface area contributed by atoms with Crippen LogP contribution in [0.4, 0.5) is 0 Å². The van der Waals surface area contributed by atoms with Gasteiger partial charge in [0, 0.05) is 16.4 Å². The summed E-state index contributed by atoms with van der Waals surface area (Å²) < 4.78 is 10.1. The van der Waals surface area contributed by atoms with Gasteiger partial charge in [-0.25, -0.2) is 0 Å². The Morgan fingerprint density at radius 1 is 0.809 bits per heavy atom. The Bertz CT molecular complexity index is 1620. The molecular weight excluding hydrogens is 576 g/mol. The molecule has 0 spiro atoms. The summed E-state index contributed by atoms with van der Waals surface area (Å²) in [5, 5.41) is 19.4. The molecule has 1 aliphatic carbocycles. The summed E-state index contributed by atoms with van der Waals surface area (Å²) in [7, 11) is 0. The zero-order valence-corrected chi connectivity index (χ0v) is 30.1. The van der Waals surface area contributed by atoms with Gasteiger partial charge in [-0.2, -0.15) is 0 Å². The highest BCUT2D eigenvalue weighted by atomic mass is 16.5. The van der Waals surface area contributed by atoms with Crippen LogP contribution in [0.15, 0.2) is 114 Å². The second-order valence-electron chi connectivity index (χ2n) is 12.9. The molecule has 0 saturated heterocycles. The molecule has 0 fully saturated rings. The zero-order chi connectivity index (χ0) is 34.9. The van der Waals surface area contributed by atoms with Crippen molar-refractivity contribution >= 4 is 10.8 Å². The van der Waals surface area contributed by atoms with Crippen LogP contribution in [-0.2, 0) is 17.6 Å². The van der Waals surface area contributed by atoms with Crippen LogP contribution in [-0.4, -0.2) is 0 Å². The summed E-state index contributed by atoms with van der Waals surface area (Å²) in [4.78, 5) is 0. The van der Waals surface area contributed by atoms with E-state index in [1.807, 2.05) is 62.6 Å². The van der Waals surface area contributed by atoms with Crippen LogP contribution in [0.3, 0.4) is 0 Å². The predicted octanol–water partition coefficient (Wildman–Crippen LogP) is 12.2. The molecule has 1 atom stereocenters. The first-order valence-electron chi connectivity index (χ1n) is 17.0. The van der Waals surface area contributed by atoms with Crippen molar-refractivity contribution < 1.29 is 9.47 Å². The third-order valence-electron chi connectivity index (χ3n) is 9.24. The second-order valence-corrected chi connectivity index (χ2v) is 12.9. The van der Waals surface area contributed by atoms with E-state index in [1.54, 1.807) is 12.3 Å². The van der Waals surface area contributed by atoms with Crippen molar-refractivity contribution in [2.45, 2.75) is 94.4 Å². The molecule has 0 aromatic heterocycles. The number of rotatable bonds is 9. The number of ether oxygens (including phenoxy) is 2. The summed E-state index contributed by atoms with van der Waals surface area (Å²) in [6, 6.07) is 22.5.